The fourth-order valence-electron chi connectivity index (χ4n) is 2.69. The van der Waals surface area contributed by atoms with Crippen molar-refractivity contribution in [3.8, 4) is 10.6 Å². The van der Waals surface area contributed by atoms with Crippen LogP contribution in [0.5, 0.6) is 0 Å². The number of nitrogens with one attached hydrogen (secondary N) is 1. The lowest BCUT2D eigenvalue weighted by molar-refractivity contribution is 0.0984. The number of fused-ring (bicyclic) bond motifs is 1. The number of carbonyl (C=O) groups excluding carboxylic acids is 1. The number of thiazole rings is 1. The maximum Gasteiger partial charge on any atom is 0.261 e. The molecule has 1 heterocycles. The third kappa shape index (κ3) is 4.33. The Bertz CT molecular complexity index is 1270. The molecule has 0 saturated carbocycles. The molecule has 3 aromatic carbocycles. The third-order valence-corrected chi connectivity index (χ3v) is 7.14. The van der Waals surface area contributed by atoms with Crippen molar-refractivity contribution < 1.29 is 13.2 Å². The zero-order valence-electron chi connectivity index (χ0n) is 14.9. The number of aromatic nitrogens is 1. The molecule has 0 aliphatic carbocycles. The highest BCUT2D eigenvalue weighted by Gasteiger charge is 2.15. The molecule has 0 bridgehead atoms. The number of hydrogen-bond donors (Lipinski definition) is 2. The third-order valence-electron chi connectivity index (χ3n) is 4.10. The molecule has 4 rings (SSSR count). The zero-order valence-corrected chi connectivity index (χ0v) is 17.4. The number of nitrogens with two attached hydrogens (primary N) is 1. The molecule has 1 amide bonds. The smallest absolute Gasteiger partial charge is 0.261 e. The van der Waals surface area contributed by atoms with Gasteiger partial charge in [-0.2, -0.15) is 0 Å². The minimum Gasteiger partial charge on any atom is -0.292 e. The molecule has 0 spiro atoms. The van der Waals surface area contributed by atoms with Crippen molar-refractivity contribution in [2.75, 3.05) is 0 Å². The number of hydrogen-bond acceptors (Lipinski definition) is 6. The summed E-state index contributed by atoms with van der Waals surface area (Å²) in [6.07, 6.45) is 0. The number of amides is 1. The number of nitrogens with zero attached hydrogens (tertiary/aromatic N) is 1. The van der Waals surface area contributed by atoms with E-state index < -0.39 is 10.0 Å². The van der Waals surface area contributed by atoms with Gasteiger partial charge in [0, 0.05) is 16.0 Å². The molecule has 0 radical (unpaired) electrons. The van der Waals surface area contributed by atoms with Crippen molar-refractivity contribution in [3.05, 3.63) is 78.4 Å². The fourth-order valence-corrected chi connectivity index (χ4v) is 5.39. The van der Waals surface area contributed by atoms with Crippen LogP contribution >= 0.6 is 23.3 Å². The largest absolute Gasteiger partial charge is 0.292 e. The molecule has 146 valence electrons. The Kier molecular flexibility index (Phi) is 5.37. The second-order valence-corrected chi connectivity index (χ2v) is 9.50. The highest BCUT2D eigenvalue weighted by molar-refractivity contribution is 7.98. The van der Waals surface area contributed by atoms with Gasteiger partial charge in [0.05, 0.1) is 15.1 Å². The Labute approximate surface area is 176 Å². The molecule has 3 N–H and O–H groups in total. The molecule has 0 aliphatic rings. The van der Waals surface area contributed by atoms with Crippen LogP contribution in [0, 0.1) is 0 Å². The van der Waals surface area contributed by atoms with Crippen LogP contribution in [0.3, 0.4) is 0 Å². The van der Waals surface area contributed by atoms with Gasteiger partial charge in [0.2, 0.25) is 10.0 Å². The summed E-state index contributed by atoms with van der Waals surface area (Å²) in [4.78, 5) is 17.4. The molecule has 0 atom stereocenters. The van der Waals surface area contributed by atoms with Crippen LogP contribution in [0.4, 0.5) is 0 Å². The van der Waals surface area contributed by atoms with E-state index in [2.05, 4.69) is 9.71 Å². The first kappa shape index (κ1) is 19.6. The Hall–Kier alpha value is -2.72. The lowest BCUT2D eigenvalue weighted by Crippen LogP contribution is -2.18. The van der Waals surface area contributed by atoms with E-state index in [1.165, 1.54) is 6.07 Å². The SMILES string of the molecule is NS(=O)(=O)c1ccccc1SNC(=O)c1ccc(-c2nc3ccccc3s2)cc1. The molecule has 0 fully saturated rings. The summed E-state index contributed by atoms with van der Waals surface area (Å²) in [5.41, 5.74) is 2.32. The summed E-state index contributed by atoms with van der Waals surface area (Å²) in [6.45, 7) is 0. The molecule has 1 aromatic heterocycles. The molecular formula is C20H15N3O3S3. The van der Waals surface area contributed by atoms with E-state index in [0.717, 1.165) is 32.7 Å². The Balaban J connectivity index is 1.49. The fraction of sp³-hybridized carbons (Fsp3) is 0. The van der Waals surface area contributed by atoms with Crippen LogP contribution < -0.4 is 9.86 Å². The van der Waals surface area contributed by atoms with Crippen LogP contribution in [-0.2, 0) is 10.0 Å². The van der Waals surface area contributed by atoms with Crippen molar-refractivity contribution in [2.24, 2.45) is 5.14 Å². The van der Waals surface area contributed by atoms with E-state index >= 15 is 0 Å². The normalized spacial score (nSPS) is 11.5. The van der Waals surface area contributed by atoms with Crippen LogP contribution in [0.25, 0.3) is 20.8 Å². The molecule has 6 nitrogen and oxygen atoms in total. The molecule has 9 heteroatoms. The summed E-state index contributed by atoms with van der Waals surface area (Å²) in [5, 5.41) is 6.10. The second-order valence-electron chi connectivity index (χ2n) is 6.09. The van der Waals surface area contributed by atoms with Crippen molar-refractivity contribution in [2.45, 2.75) is 9.79 Å². The monoisotopic (exact) mass is 441 g/mol. The van der Waals surface area contributed by atoms with E-state index in [1.54, 1.807) is 41.7 Å². The van der Waals surface area contributed by atoms with Gasteiger partial charge >= 0.3 is 0 Å². The quantitative estimate of drug-likeness (QED) is 0.455. The van der Waals surface area contributed by atoms with Gasteiger partial charge in [-0.05, 0) is 48.3 Å². The molecule has 29 heavy (non-hydrogen) atoms. The number of carbonyl (C=O) groups is 1. The number of para-hydroxylation sites is 1. The number of benzene rings is 3. The summed E-state index contributed by atoms with van der Waals surface area (Å²) in [5.74, 6) is -0.338. The van der Waals surface area contributed by atoms with E-state index in [9.17, 15) is 13.2 Å². The van der Waals surface area contributed by atoms with Crippen LogP contribution in [0.2, 0.25) is 0 Å². The van der Waals surface area contributed by atoms with Gasteiger partial charge in [-0.3, -0.25) is 9.52 Å². The predicted molar refractivity (Wildman–Crippen MR) is 116 cm³/mol. The standard InChI is InChI=1S/C20H15N3O3S3/c21-29(25,26)18-8-4-3-7-17(18)28-23-19(24)13-9-11-14(12-10-13)20-22-15-5-1-2-6-16(15)27-20/h1-12H,(H,23,24)(H2,21,25,26). The van der Waals surface area contributed by atoms with Gasteiger partial charge in [-0.15, -0.1) is 11.3 Å². The summed E-state index contributed by atoms with van der Waals surface area (Å²) in [6, 6.07) is 21.3. The van der Waals surface area contributed by atoms with Gasteiger partial charge < -0.3 is 0 Å². The summed E-state index contributed by atoms with van der Waals surface area (Å²) >= 11 is 2.50. The average molecular weight is 442 g/mol. The second kappa shape index (κ2) is 7.96. The van der Waals surface area contributed by atoms with E-state index in [-0.39, 0.29) is 10.8 Å². The van der Waals surface area contributed by atoms with Crippen LogP contribution in [0.1, 0.15) is 10.4 Å². The Morgan fingerprint density at radius 2 is 1.66 bits per heavy atom. The van der Waals surface area contributed by atoms with E-state index in [4.69, 9.17) is 5.14 Å². The van der Waals surface area contributed by atoms with Gasteiger partial charge in [0.15, 0.2) is 0 Å². The number of sulfonamides is 1. The van der Waals surface area contributed by atoms with Crippen molar-refractivity contribution in [1.82, 2.24) is 9.71 Å². The Morgan fingerprint density at radius 3 is 2.38 bits per heavy atom. The maximum atomic E-state index is 12.4. The Morgan fingerprint density at radius 1 is 0.966 bits per heavy atom. The molecule has 0 unspecified atom stereocenters. The molecule has 0 saturated heterocycles. The van der Waals surface area contributed by atoms with Crippen molar-refractivity contribution in [3.63, 3.8) is 0 Å². The summed E-state index contributed by atoms with van der Waals surface area (Å²) in [7, 11) is -3.87. The number of rotatable bonds is 5. The van der Waals surface area contributed by atoms with Crippen LogP contribution in [0.15, 0.2) is 82.6 Å². The van der Waals surface area contributed by atoms with Crippen molar-refractivity contribution >= 4 is 49.4 Å². The minimum atomic E-state index is -3.87. The van der Waals surface area contributed by atoms with Gasteiger partial charge in [0.1, 0.15) is 5.01 Å². The lowest BCUT2D eigenvalue weighted by atomic mass is 10.1. The van der Waals surface area contributed by atoms with Gasteiger partial charge in [-0.1, -0.05) is 36.4 Å². The minimum absolute atomic E-state index is 0.0310. The average Bonchev–Trinajstić information content (AvgIpc) is 3.16. The van der Waals surface area contributed by atoms with Crippen molar-refractivity contribution in [1.29, 1.82) is 0 Å². The summed E-state index contributed by atoms with van der Waals surface area (Å²) < 4.78 is 27.1. The van der Waals surface area contributed by atoms with E-state index in [1.807, 2.05) is 36.4 Å². The van der Waals surface area contributed by atoms with E-state index in [0.29, 0.717) is 10.5 Å². The molecule has 0 aliphatic heterocycles. The van der Waals surface area contributed by atoms with Gasteiger partial charge in [-0.25, -0.2) is 18.5 Å². The number of primary sulfonamides is 1. The maximum absolute atomic E-state index is 12.4. The molecular weight excluding hydrogens is 426 g/mol. The first-order valence-corrected chi connectivity index (χ1v) is 11.6. The first-order chi connectivity index (χ1) is 13.9. The van der Waals surface area contributed by atoms with Gasteiger partial charge in [0.25, 0.3) is 5.91 Å². The highest BCUT2D eigenvalue weighted by atomic mass is 32.2. The topological polar surface area (TPSA) is 102 Å². The first-order valence-electron chi connectivity index (χ1n) is 8.47. The lowest BCUT2D eigenvalue weighted by Gasteiger charge is -2.08. The molecule has 4 aromatic rings. The zero-order chi connectivity index (χ0) is 20.4. The van der Waals surface area contributed by atoms with Crippen LogP contribution in [-0.4, -0.2) is 19.3 Å². The highest BCUT2D eigenvalue weighted by Crippen LogP contribution is 2.30. The predicted octanol–water partition coefficient (Wildman–Crippen LogP) is 4.05.